The van der Waals surface area contributed by atoms with E-state index in [9.17, 15) is 4.79 Å². The third kappa shape index (κ3) is 5.21. The second-order valence-electron chi connectivity index (χ2n) is 4.20. The van der Waals surface area contributed by atoms with Crippen molar-refractivity contribution in [1.82, 2.24) is 5.32 Å². The molecule has 0 bridgehead atoms. The lowest BCUT2D eigenvalue weighted by molar-refractivity contribution is -0.119. The predicted octanol–water partition coefficient (Wildman–Crippen LogP) is 2.75. The lowest BCUT2D eigenvalue weighted by Gasteiger charge is -2.08. The topological polar surface area (TPSA) is 29.1 Å². The number of aryl methyl sites for hydroxylation is 1. The number of hydrogen-bond donors (Lipinski definition) is 1. The number of rotatable bonds is 5. The van der Waals surface area contributed by atoms with Crippen molar-refractivity contribution in [3.8, 4) is 0 Å². The average molecular weight is 237 g/mol. The number of carbonyl (C=O) groups is 1. The molecular formula is C13H19NOS. The number of benzene rings is 1. The first-order valence-electron chi connectivity index (χ1n) is 5.50. The van der Waals surface area contributed by atoms with Crippen LogP contribution in [0.25, 0.3) is 0 Å². The summed E-state index contributed by atoms with van der Waals surface area (Å²) >= 11 is 1.65. The van der Waals surface area contributed by atoms with Crippen LogP contribution in [0.1, 0.15) is 25.0 Å². The van der Waals surface area contributed by atoms with Gasteiger partial charge in [0, 0.05) is 11.8 Å². The van der Waals surface area contributed by atoms with Crippen LogP contribution in [0.2, 0.25) is 0 Å². The lowest BCUT2D eigenvalue weighted by atomic mass is 10.2. The summed E-state index contributed by atoms with van der Waals surface area (Å²) in [6, 6.07) is 8.62. The molecule has 0 fully saturated rings. The Kier molecular flexibility index (Phi) is 5.39. The molecule has 1 aromatic carbocycles. The Labute approximate surface area is 102 Å². The van der Waals surface area contributed by atoms with Gasteiger partial charge in [0.05, 0.1) is 5.75 Å². The quantitative estimate of drug-likeness (QED) is 0.853. The fraction of sp³-hybridized carbons (Fsp3) is 0.462. The maximum atomic E-state index is 11.4. The highest BCUT2D eigenvalue weighted by Gasteiger charge is 2.03. The van der Waals surface area contributed by atoms with Gasteiger partial charge in [-0.2, -0.15) is 0 Å². The average Bonchev–Trinajstić information content (AvgIpc) is 2.16. The number of amides is 1. The second kappa shape index (κ2) is 6.59. The summed E-state index contributed by atoms with van der Waals surface area (Å²) in [5.74, 6) is 1.55. The van der Waals surface area contributed by atoms with Gasteiger partial charge in [0.25, 0.3) is 0 Å². The third-order valence-electron chi connectivity index (χ3n) is 2.03. The fourth-order valence-corrected chi connectivity index (χ4v) is 2.21. The molecule has 0 spiro atoms. The van der Waals surface area contributed by atoms with Crippen LogP contribution < -0.4 is 5.32 Å². The molecule has 0 aromatic heterocycles. The molecule has 16 heavy (non-hydrogen) atoms. The Balaban J connectivity index is 2.28. The molecular weight excluding hydrogens is 218 g/mol. The van der Waals surface area contributed by atoms with E-state index in [4.69, 9.17) is 0 Å². The van der Waals surface area contributed by atoms with E-state index in [0.29, 0.717) is 5.75 Å². The Morgan fingerprint density at radius 3 is 2.81 bits per heavy atom. The van der Waals surface area contributed by atoms with Crippen molar-refractivity contribution in [2.45, 2.75) is 32.6 Å². The summed E-state index contributed by atoms with van der Waals surface area (Å²) in [7, 11) is 0. The summed E-state index contributed by atoms with van der Waals surface area (Å²) in [5, 5.41) is 2.88. The zero-order chi connectivity index (χ0) is 12.0. The van der Waals surface area contributed by atoms with Crippen molar-refractivity contribution in [3.05, 3.63) is 35.4 Å². The van der Waals surface area contributed by atoms with Gasteiger partial charge in [-0.1, -0.05) is 29.8 Å². The molecule has 0 aliphatic rings. The van der Waals surface area contributed by atoms with Gasteiger partial charge in [-0.3, -0.25) is 4.79 Å². The van der Waals surface area contributed by atoms with Gasteiger partial charge in [0.1, 0.15) is 0 Å². The summed E-state index contributed by atoms with van der Waals surface area (Å²) < 4.78 is 0. The minimum atomic E-state index is 0.118. The van der Waals surface area contributed by atoms with Crippen LogP contribution in [-0.4, -0.2) is 17.7 Å². The highest BCUT2D eigenvalue weighted by molar-refractivity contribution is 7.99. The van der Waals surface area contributed by atoms with Crippen LogP contribution in [0.3, 0.4) is 0 Å². The van der Waals surface area contributed by atoms with Crippen molar-refractivity contribution in [3.63, 3.8) is 0 Å². The number of nitrogens with one attached hydrogen (secondary N) is 1. The van der Waals surface area contributed by atoms with E-state index in [2.05, 4.69) is 36.5 Å². The first kappa shape index (κ1) is 13.1. The Bertz CT molecular complexity index is 350. The van der Waals surface area contributed by atoms with Gasteiger partial charge in [0.15, 0.2) is 0 Å². The van der Waals surface area contributed by atoms with Gasteiger partial charge in [-0.05, 0) is 26.3 Å². The summed E-state index contributed by atoms with van der Waals surface area (Å²) in [6.07, 6.45) is 0. The van der Waals surface area contributed by atoms with Crippen LogP contribution in [0.5, 0.6) is 0 Å². The van der Waals surface area contributed by atoms with Crippen molar-refractivity contribution in [2.75, 3.05) is 5.75 Å². The molecule has 1 aromatic rings. The Morgan fingerprint density at radius 2 is 2.19 bits per heavy atom. The summed E-state index contributed by atoms with van der Waals surface area (Å²) in [4.78, 5) is 11.4. The number of thioether (sulfide) groups is 1. The molecule has 0 aliphatic heterocycles. The summed E-state index contributed by atoms with van der Waals surface area (Å²) in [5.41, 5.74) is 2.55. The molecule has 0 unspecified atom stereocenters. The van der Waals surface area contributed by atoms with Crippen LogP contribution in [0.4, 0.5) is 0 Å². The van der Waals surface area contributed by atoms with Crippen LogP contribution in [-0.2, 0) is 10.5 Å². The van der Waals surface area contributed by atoms with E-state index in [1.165, 1.54) is 11.1 Å². The molecule has 1 amide bonds. The van der Waals surface area contributed by atoms with Gasteiger partial charge >= 0.3 is 0 Å². The van der Waals surface area contributed by atoms with Crippen LogP contribution >= 0.6 is 11.8 Å². The maximum Gasteiger partial charge on any atom is 0.230 e. The molecule has 3 heteroatoms. The zero-order valence-corrected chi connectivity index (χ0v) is 10.9. The van der Waals surface area contributed by atoms with Crippen molar-refractivity contribution in [2.24, 2.45) is 0 Å². The zero-order valence-electron chi connectivity index (χ0n) is 10.1. The molecule has 0 saturated carbocycles. The second-order valence-corrected chi connectivity index (χ2v) is 5.19. The number of hydrogen-bond acceptors (Lipinski definition) is 2. The molecule has 2 nitrogen and oxygen atoms in total. The number of carbonyl (C=O) groups excluding carboxylic acids is 1. The van der Waals surface area contributed by atoms with E-state index in [0.717, 1.165) is 5.75 Å². The van der Waals surface area contributed by atoms with Gasteiger partial charge in [-0.25, -0.2) is 0 Å². The third-order valence-corrected chi connectivity index (χ3v) is 3.04. The van der Waals surface area contributed by atoms with E-state index in [1.54, 1.807) is 11.8 Å². The largest absolute Gasteiger partial charge is 0.353 e. The molecule has 88 valence electrons. The normalized spacial score (nSPS) is 10.5. The molecule has 0 heterocycles. The molecule has 0 radical (unpaired) electrons. The van der Waals surface area contributed by atoms with Crippen LogP contribution in [0.15, 0.2) is 24.3 Å². The molecule has 0 atom stereocenters. The van der Waals surface area contributed by atoms with Crippen molar-refractivity contribution < 1.29 is 4.79 Å². The first-order valence-corrected chi connectivity index (χ1v) is 6.66. The monoisotopic (exact) mass is 237 g/mol. The van der Waals surface area contributed by atoms with Gasteiger partial charge < -0.3 is 5.32 Å². The van der Waals surface area contributed by atoms with Crippen molar-refractivity contribution in [1.29, 1.82) is 0 Å². The molecule has 0 saturated heterocycles. The van der Waals surface area contributed by atoms with E-state index in [-0.39, 0.29) is 11.9 Å². The van der Waals surface area contributed by atoms with E-state index in [1.807, 2.05) is 13.8 Å². The first-order chi connectivity index (χ1) is 7.58. The predicted molar refractivity (Wildman–Crippen MR) is 70.6 cm³/mol. The lowest BCUT2D eigenvalue weighted by Crippen LogP contribution is -2.31. The van der Waals surface area contributed by atoms with E-state index < -0.39 is 0 Å². The minimum Gasteiger partial charge on any atom is -0.353 e. The minimum absolute atomic E-state index is 0.118. The SMILES string of the molecule is Cc1cccc(CSCC(=O)NC(C)C)c1. The van der Waals surface area contributed by atoms with E-state index >= 15 is 0 Å². The smallest absolute Gasteiger partial charge is 0.230 e. The highest BCUT2D eigenvalue weighted by atomic mass is 32.2. The highest BCUT2D eigenvalue weighted by Crippen LogP contribution is 2.13. The Hall–Kier alpha value is -0.960. The fourth-order valence-electron chi connectivity index (χ4n) is 1.43. The van der Waals surface area contributed by atoms with Crippen molar-refractivity contribution >= 4 is 17.7 Å². The van der Waals surface area contributed by atoms with Gasteiger partial charge in [0.2, 0.25) is 5.91 Å². The maximum absolute atomic E-state index is 11.4. The molecule has 1 rings (SSSR count). The van der Waals surface area contributed by atoms with Gasteiger partial charge in [-0.15, -0.1) is 11.8 Å². The summed E-state index contributed by atoms with van der Waals surface area (Å²) in [6.45, 7) is 6.03. The Morgan fingerprint density at radius 1 is 1.44 bits per heavy atom. The standard InChI is InChI=1S/C13H19NOS/c1-10(2)14-13(15)9-16-8-12-6-4-5-11(3)7-12/h4-7,10H,8-9H2,1-3H3,(H,14,15). The van der Waals surface area contributed by atoms with Crippen LogP contribution in [0, 0.1) is 6.92 Å². The molecule has 1 N–H and O–H groups in total. The molecule has 0 aliphatic carbocycles.